The van der Waals surface area contributed by atoms with Crippen molar-refractivity contribution in [3.63, 3.8) is 0 Å². The van der Waals surface area contributed by atoms with Gasteiger partial charge < -0.3 is 0 Å². The summed E-state index contributed by atoms with van der Waals surface area (Å²) in [4.78, 5) is 4.22. The fourth-order valence-electron chi connectivity index (χ4n) is 1.63. The summed E-state index contributed by atoms with van der Waals surface area (Å²) >= 11 is 0. The highest BCUT2D eigenvalue weighted by Crippen LogP contribution is 2.15. The number of aromatic nitrogens is 4. The number of nitrogens with zero attached hydrogens (tertiary/aromatic N) is 5. The summed E-state index contributed by atoms with van der Waals surface area (Å²) in [6, 6.07) is 11.2. The van der Waals surface area contributed by atoms with Crippen molar-refractivity contribution in [1.82, 2.24) is 19.6 Å². The molecule has 3 heterocycles. The molecule has 3 rings (SSSR count). The molecule has 0 radical (unpaired) electrons. The summed E-state index contributed by atoms with van der Waals surface area (Å²) in [5.41, 5.74) is 1.99. The normalized spacial score (nSPS) is 10.3. The third-order valence-electron chi connectivity index (χ3n) is 2.43. The van der Waals surface area contributed by atoms with Gasteiger partial charge in [-0.2, -0.15) is 5.26 Å². The Bertz CT molecular complexity index is 709. The maximum Gasteiger partial charge on any atom is 0.187 e. The first-order valence-corrected chi connectivity index (χ1v) is 5.05. The molecule has 17 heavy (non-hydrogen) atoms. The molecule has 0 aliphatic heterocycles. The van der Waals surface area contributed by atoms with Crippen LogP contribution in [0, 0.1) is 11.3 Å². The minimum absolute atomic E-state index is 0.564. The highest BCUT2D eigenvalue weighted by atomic mass is 15.2. The SMILES string of the molecule is N#Cc1ccc2nnc(-c3ccccn3)n2c1. The van der Waals surface area contributed by atoms with E-state index in [9.17, 15) is 0 Å². The van der Waals surface area contributed by atoms with Crippen molar-refractivity contribution in [2.75, 3.05) is 0 Å². The van der Waals surface area contributed by atoms with Crippen LogP contribution in [0.25, 0.3) is 17.2 Å². The largest absolute Gasteiger partial charge is 0.280 e. The van der Waals surface area contributed by atoms with Crippen LogP contribution in [-0.4, -0.2) is 19.6 Å². The van der Waals surface area contributed by atoms with Crippen LogP contribution >= 0.6 is 0 Å². The summed E-state index contributed by atoms with van der Waals surface area (Å²) in [5, 5.41) is 17.0. The first-order valence-electron chi connectivity index (χ1n) is 5.05. The van der Waals surface area contributed by atoms with Gasteiger partial charge in [0.2, 0.25) is 0 Å². The Morgan fingerprint density at radius 1 is 1.12 bits per heavy atom. The van der Waals surface area contributed by atoms with Crippen molar-refractivity contribution in [2.45, 2.75) is 0 Å². The van der Waals surface area contributed by atoms with Crippen molar-refractivity contribution >= 4 is 5.65 Å². The Morgan fingerprint density at radius 2 is 2.06 bits per heavy atom. The van der Waals surface area contributed by atoms with Crippen LogP contribution in [0.4, 0.5) is 0 Å². The van der Waals surface area contributed by atoms with Gasteiger partial charge in [0.25, 0.3) is 0 Å². The average Bonchev–Trinajstić information content (AvgIpc) is 2.82. The minimum atomic E-state index is 0.564. The number of hydrogen-bond acceptors (Lipinski definition) is 4. The molecule has 0 bridgehead atoms. The quantitative estimate of drug-likeness (QED) is 0.626. The lowest BCUT2D eigenvalue weighted by Crippen LogP contribution is -1.92. The molecule has 0 N–H and O–H groups in total. The van der Waals surface area contributed by atoms with Crippen LogP contribution < -0.4 is 0 Å². The summed E-state index contributed by atoms with van der Waals surface area (Å²) in [6.07, 6.45) is 3.41. The molecule has 0 aromatic carbocycles. The van der Waals surface area contributed by atoms with Gasteiger partial charge in [-0.05, 0) is 24.3 Å². The van der Waals surface area contributed by atoms with E-state index in [2.05, 4.69) is 21.3 Å². The molecule has 0 atom stereocenters. The van der Waals surface area contributed by atoms with E-state index in [1.165, 1.54) is 0 Å². The first-order chi connectivity index (χ1) is 8.38. The van der Waals surface area contributed by atoms with Crippen LogP contribution in [0.1, 0.15) is 5.56 Å². The Hall–Kier alpha value is -2.74. The summed E-state index contributed by atoms with van der Waals surface area (Å²) in [7, 11) is 0. The van der Waals surface area contributed by atoms with E-state index >= 15 is 0 Å². The third kappa shape index (κ3) is 1.52. The van der Waals surface area contributed by atoms with Gasteiger partial charge in [0, 0.05) is 12.4 Å². The molecule has 0 aliphatic carbocycles. The molecule has 0 unspecified atom stereocenters. The second-order valence-corrected chi connectivity index (χ2v) is 3.50. The van der Waals surface area contributed by atoms with Gasteiger partial charge in [0.15, 0.2) is 11.5 Å². The van der Waals surface area contributed by atoms with E-state index in [0.717, 1.165) is 5.69 Å². The van der Waals surface area contributed by atoms with Gasteiger partial charge in [-0.3, -0.25) is 9.38 Å². The Labute approximate surface area is 97.0 Å². The molecule has 80 valence electrons. The number of nitriles is 1. The Balaban J connectivity index is 2.28. The van der Waals surface area contributed by atoms with Gasteiger partial charge in [0.05, 0.1) is 5.56 Å². The molecular formula is C12H7N5. The van der Waals surface area contributed by atoms with Gasteiger partial charge in [-0.25, -0.2) is 0 Å². The number of rotatable bonds is 1. The van der Waals surface area contributed by atoms with Crippen molar-refractivity contribution in [2.24, 2.45) is 0 Å². The molecule has 5 nitrogen and oxygen atoms in total. The zero-order chi connectivity index (χ0) is 11.7. The zero-order valence-corrected chi connectivity index (χ0v) is 8.78. The Kier molecular flexibility index (Phi) is 2.06. The molecule has 0 fully saturated rings. The minimum Gasteiger partial charge on any atom is -0.280 e. The van der Waals surface area contributed by atoms with Crippen LogP contribution in [0.3, 0.4) is 0 Å². The second kappa shape index (κ2) is 3.68. The Morgan fingerprint density at radius 3 is 2.82 bits per heavy atom. The van der Waals surface area contributed by atoms with Crippen molar-refractivity contribution in [3.8, 4) is 17.6 Å². The lowest BCUT2D eigenvalue weighted by Gasteiger charge is -1.98. The standard InChI is InChI=1S/C12H7N5/c13-7-9-4-5-11-15-16-12(17(11)8-9)10-3-1-2-6-14-10/h1-6,8H. The van der Waals surface area contributed by atoms with E-state index in [1.807, 2.05) is 18.2 Å². The lowest BCUT2D eigenvalue weighted by molar-refractivity contribution is 1.09. The summed E-state index contributed by atoms with van der Waals surface area (Å²) < 4.78 is 1.76. The van der Waals surface area contributed by atoms with Crippen LogP contribution in [-0.2, 0) is 0 Å². The first kappa shape index (κ1) is 9.48. The van der Waals surface area contributed by atoms with Crippen molar-refractivity contribution < 1.29 is 0 Å². The average molecular weight is 221 g/mol. The van der Waals surface area contributed by atoms with Gasteiger partial charge in [0.1, 0.15) is 11.8 Å². The lowest BCUT2D eigenvalue weighted by atomic mass is 10.3. The van der Waals surface area contributed by atoms with E-state index in [4.69, 9.17) is 5.26 Å². The fraction of sp³-hybridized carbons (Fsp3) is 0. The van der Waals surface area contributed by atoms with Crippen molar-refractivity contribution in [1.29, 1.82) is 5.26 Å². The topological polar surface area (TPSA) is 66.9 Å². The summed E-state index contributed by atoms with van der Waals surface area (Å²) in [6.45, 7) is 0. The zero-order valence-electron chi connectivity index (χ0n) is 8.78. The number of fused-ring (bicyclic) bond motifs is 1. The monoisotopic (exact) mass is 221 g/mol. The van der Waals surface area contributed by atoms with Gasteiger partial charge in [-0.1, -0.05) is 6.07 Å². The molecule has 3 aromatic heterocycles. The third-order valence-corrected chi connectivity index (χ3v) is 2.43. The molecule has 0 aliphatic rings. The smallest absolute Gasteiger partial charge is 0.187 e. The fourth-order valence-corrected chi connectivity index (χ4v) is 1.63. The predicted octanol–water partition coefficient (Wildman–Crippen LogP) is 1.66. The molecule has 5 heteroatoms. The van der Waals surface area contributed by atoms with Crippen LogP contribution in [0.5, 0.6) is 0 Å². The number of pyridine rings is 2. The van der Waals surface area contributed by atoms with Gasteiger partial charge >= 0.3 is 0 Å². The highest BCUT2D eigenvalue weighted by molar-refractivity contribution is 5.56. The van der Waals surface area contributed by atoms with E-state index in [1.54, 1.807) is 28.9 Å². The molecule has 0 amide bonds. The maximum atomic E-state index is 8.88. The molecular weight excluding hydrogens is 214 g/mol. The van der Waals surface area contributed by atoms with Crippen LogP contribution in [0.15, 0.2) is 42.7 Å². The number of hydrogen-bond donors (Lipinski definition) is 0. The summed E-state index contributed by atoms with van der Waals surface area (Å²) in [5.74, 6) is 0.637. The van der Waals surface area contributed by atoms with E-state index < -0.39 is 0 Å². The van der Waals surface area contributed by atoms with Crippen molar-refractivity contribution in [3.05, 3.63) is 48.3 Å². The van der Waals surface area contributed by atoms with Crippen LogP contribution in [0.2, 0.25) is 0 Å². The molecule has 0 saturated carbocycles. The highest BCUT2D eigenvalue weighted by Gasteiger charge is 2.08. The van der Waals surface area contributed by atoms with Gasteiger partial charge in [-0.15, -0.1) is 10.2 Å². The van der Waals surface area contributed by atoms with E-state index in [-0.39, 0.29) is 0 Å². The molecule has 0 saturated heterocycles. The molecule has 3 aromatic rings. The van der Waals surface area contributed by atoms with E-state index in [0.29, 0.717) is 17.0 Å². The predicted molar refractivity (Wildman–Crippen MR) is 60.9 cm³/mol. The second-order valence-electron chi connectivity index (χ2n) is 3.50. The molecule has 0 spiro atoms. The maximum absolute atomic E-state index is 8.88.